The van der Waals surface area contributed by atoms with E-state index in [1.54, 1.807) is 0 Å². The van der Waals surface area contributed by atoms with Crippen molar-refractivity contribution in [3.05, 3.63) is 29.8 Å². The average Bonchev–Trinajstić information content (AvgIpc) is 2.46. The molecule has 0 bridgehead atoms. The van der Waals surface area contributed by atoms with Crippen molar-refractivity contribution in [1.82, 2.24) is 4.90 Å². The number of hydrogen-bond donors (Lipinski definition) is 1. The van der Waals surface area contributed by atoms with Crippen LogP contribution in [-0.4, -0.2) is 36.1 Å². The maximum Gasteiger partial charge on any atom is 0.397 e. The number of alkyl halides is 3. The molecule has 1 saturated heterocycles. The van der Waals surface area contributed by atoms with E-state index in [9.17, 15) is 18.0 Å². The number of rotatable bonds is 4. The number of carbonyl (C=O) groups is 1. The van der Waals surface area contributed by atoms with E-state index in [4.69, 9.17) is 0 Å². The Bertz CT molecular complexity index is 526. The minimum atomic E-state index is -4.44. The molecule has 1 aromatic rings. The topological polar surface area (TPSA) is 32.3 Å². The summed E-state index contributed by atoms with van der Waals surface area (Å²) in [5.41, 5.74) is 2.17. The summed E-state index contributed by atoms with van der Waals surface area (Å²) in [6, 6.07) is 8.04. The van der Waals surface area contributed by atoms with Crippen molar-refractivity contribution < 1.29 is 18.0 Å². The number of hydrogen-bond acceptors (Lipinski definition) is 2. The first-order valence-corrected chi connectivity index (χ1v) is 7.95. The number of anilines is 1. The van der Waals surface area contributed by atoms with Crippen LogP contribution in [0.3, 0.4) is 0 Å². The van der Waals surface area contributed by atoms with E-state index in [2.05, 4.69) is 19.2 Å². The van der Waals surface area contributed by atoms with E-state index in [0.717, 1.165) is 12.1 Å². The summed E-state index contributed by atoms with van der Waals surface area (Å²) >= 11 is 0. The number of amides is 1. The first kappa shape index (κ1) is 17.6. The highest BCUT2D eigenvalue weighted by Crippen LogP contribution is 2.24. The molecule has 0 unspecified atom stereocenters. The first-order valence-electron chi connectivity index (χ1n) is 7.95. The monoisotopic (exact) mass is 328 g/mol. The second-order valence-electron chi connectivity index (χ2n) is 6.39. The molecule has 2 rings (SSSR count). The van der Waals surface area contributed by atoms with Gasteiger partial charge in [-0.3, -0.25) is 4.79 Å². The number of benzene rings is 1. The molecule has 1 aliphatic heterocycles. The molecule has 0 spiro atoms. The van der Waals surface area contributed by atoms with E-state index in [1.807, 2.05) is 24.3 Å². The molecule has 1 N–H and O–H groups in total. The van der Waals surface area contributed by atoms with Gasteiger partial charge in [-0.25, -0.2) is 0 Å². The number of nitrogens with zero attached hydrogens (tertiary/aromatic N) is 1. The maximum absolute atomic E-state index is 12.3. The summed E-state index contributed by atoms with van der Waals surface area (Å²) in [4.78, 5) is 13.0. The number of piperidine rings is 1. The molecule has 0 saturated carbocycles. The van der Waals surface area contributed by atoms with Crippen LogP contribution in [0.4, 0.5) is 18.9 Å². The van der Waals surface area contributed by atoms with E-state index in [0.29, 0.717) is 25.4 Å². The molecule has 3 nitrogen and oxygen atoms in total. The lowest BCUT2D eigenvalue weighted by Crippen LogP contribution is -2.46. The summed E-state index contributed by atoms with van der Waals surface area (Å²) in [6.45, 7) is 4.96. The Morgan fingerprint density at radius 1 is 1.30 bits per heavy atom. The van der Waals surface area contributed by atoms with Gasteiger partial charge in [-0.15, -0.1) is 0 Å². The Kier molecular flexibility index (Phi) is 5.55. The third kappa shape index (κ3) is 5.44. The highest BCUT2D eigenvalue weighted by molar-refractivity contribution is 5.77. The third-order valence-corrected chi connectivity index (χ3v) is 4.07. The van der Waals surface area contributed by atoms with E-state index in [-0.39, 0.29) is 6.04 Å². The predicted octanol–water partition coefficient (Wildman–Crippen LogP) is 4.17. The number of nitrogens with one attached hydrogen (secondary N) is 1. The van der Waals surface area contributed by atoms with Gasteiger partial charge in [0.1, 0.15) is 6.42 Å². The van der Waals surface area contributed by atoms with Gasteiger partial charge in [0.05, 0.1) is 0 Å². The Balaban J connectivity index is 1.92. The van der Waals surface area contributed by atoms with E-state index >= 15 is 0 Å². The summed E-state index contributed by atoms with van der Waals surface area (Å²) in [5.74, 6) is -0.381. The zero-order valence-corrected chi connectivity index (χ0v) is 13.5. The lowest BCUT2D eigenvalue weighted by atomic mass is 10.0. The van der Waals surface area contributed by atoms with Crippen LogP contribution in [0.15, 0.2) is 24.3 Å². The van der Waals surface area contributed by atoms with Gasteiger partial charge in [-0.05, 0) is 36.5 Å². The van der Waals surface area contributed by atoms with Crippen LogP contribution in [0.1, 0.15) is 44.6 Å². The van der Waals surface area contributed by atoms with Crippen molar-refractivity contribution >= 4 is 11.6 Å². The number of halogens is 3. The van der Waals surface area contributed by atoms with Gasteiger partial charge < -0.3 is 10.2 Å². The molecule has 1 heterocycles. The van der Waals surface area contributed by atoms with Crippen LogP contribution < -0.4 is 5.32 Å². The van der Waals surface area contributed by atoms with Crippen molar-refractivity contribution in [3.63, 3.8) is 0 Å². The predicted molar refractivity (Wildman–Crippen MR) is 84.4 cm³/mol. The Hall–Kier alpha value is -1.72. The Labute approximate surface area is 134 Å². The normalized spacial score (nSPS) is 19.0. The number of likely N-dealkylation sites (tertiary alicyclic amines) is 1. The smallest absolute Gasteiger partial charge is 0.381 e. The summed E-state index contributed by atoms with van der Waals surface area (Å²) in [7, 11) is 0. The largest absolute Gasteiger partial charge is 0.397 e. The van der Waals surface area contributed by atoms with Crippen molar-refractivity contribution in [2.45, 2.75) is 51.2 Å². The van der Waals surface area contributed by atoms with Gasteiger partial charge in [-0.1, -0.05) is 26.0 Å². The first-order chi connectivity index (χ1) is 10.7. The summed E-state index contributed by atoms with van der Waals surface area (Å²) in [6.07, 6.45) is -4.25. The Morgan fingerprint density at radius 2 is 1.96 bits per heavy atom. The molecule has 1 fully saturated rings. The van der Waals surface area contributed by atoms with Crippen LogP contribution in [0, 0.1) is 0 Å². The molecular formula is C17H23F3N2O. The SMILES string of the molecule is CC(C)c1ccc(N[C@@H]2CCCN(C(=O)CC(F)(F)F)C2)cc1. The zero-order chi connectivity index (χ0) is 17.0. The van der Waals surface area contributed by atoms with Gasteiger partial charge in [0, 0.05) is 24.8 Å². The van der Waals surface area contributed by atoms with E-state index in [1.165, 1.54) is 10.5 Å². The molecule has 1 aliphatic rings. The lowest BCUT2D eigenvalue weighted by Gasteiger charge is -2.34. The fraction of sp³-hybridized carbons (Fsp3) is 0.588. The molecule has 0 radical (unpaired) electrons. The van der Waals surface area contributed by atoms with Crippen LogP contribution in [-0.2, 0) is 4.79 Å². The summed E-state index contributed by atoms with van der Waals surface area (Å²) in [5, 5.41) is 3.32. The van der Waals surface area contributed by atoms with Gasteiger partial charge in [0.2, 0.25) is 5.91 Å². The van der Waals surface area contributed by atoms with Crippen molar-refractivity contribution in [1.29, 1.82) is 0 Å². The third-order valence-electron chi connectivity index (χ3n) is 4.07. The van der Waals surface area contributed by atoms with Gasteiger partial charge in [0.15, 0.2) is 0 Å². The number of carbonyl (C=O) groups excluding carboxylic acids is 1. The van der Waals surface area contributed by atoms with E-state index < -0.39 is 18.5 Å². The van der Waals surface area contributed by atoms with Crippen molar-refractivity contribution in [2.75, 3.05) is 18.4 Å². The quantitative estimate of drug-likeness (QED) is 0.900. The maximum atomic E-state index is 12.3. The average molecular weight is 328 g/mol. The highest BCUT2D eigenvalue weighted by Gasteiger charge is 2.35. The molecule has 128 valence electrons. The van der Waals surface area contributed by atoms with Crippen molar-refractivity contribution in [2.24, 2.45) is 0 Å². The fourth-order valence-corrected chi connectivity index (χ4v) is 2.80. The van der Waals surface area contributed by atoms with Crippen molar-refractivity contribution in [3.8, 4) is 0 Å². The molecule has 0 aliphatic carbocycles. The summed E-state index contributed by atoms with van der Waals surface area (Å²) < 4.78 is 37.0. The second-order valence-corrected chi connectivity index (χ2v) is 6.39. The van der Waals surface area contributed by atoms with Crippen LogP contribution in [0.2, 0.25) is 0 Å². The zero-order valence-electron chi connectivity index (χ0n) is 13.5. The van der Waals surface area contributed by atoms with Gasteiger partial charge >= 0.3 is 6.18 Å². The fourth-order valence-electron chi connectivity index (χ4n) is 2.80. The molecule has 1 amide bonds. The minimum absolute atomic E-state index is 0.00849. The standard InChI is InChI=1S/C17H23F3N2O/c1-12(2)13-5-7-14(8-6-13)21-15-4-3-9-22(11-15)16(23)10-17(18,19)20/h5-8,12,15,21H,3-4,9-11H2,1-2H3/t15-/m1/s1. The molecule has 1 atom stereocenters. The molecule has 23 heavy (non-hydrogen) atoms. The van der Waals surface area contributed by atoms with Gasteiger partial charge in [0.25, 0.3) is 0 Å². The highest BCUT2D eigenvalue weighted by atomic mass is 19.4. The molecule has 0 aromatic heterocycles. The van der Waals surface area contributed by atoms with Crippen LogP contribution in [0.5, 0.6) is 0 Å². The molecular weight excluding hydrogens is 305 g/mol. The lowest BCUT2D eigenvalue weighted by molar-refractivity contribution is -0.162. The van der Waals surface area contributed by atoms with Crippen LogP contribution >= 0.6 is 0 Å². The van der Waals surface area contributed by atoms with Gasteiger partial charge in [-0.2, -0.15) is 13.2 Å². The second kappa shape index (κ2) is 7.23. The Morgan fingerprint density at radius 3 is 2.52 bits per heavy atom. The minimum Gasteiger partial charge on any atom is -0.381 e. The molecule has 6 heteroatoms. The molecule has 1 aromatic carbocycles. The van der Waals surface area contributed by atoms with Crippen LogP contribution in [0.25, 0.3) is 0 Å².